The van der Waals surface area contributed by atoms with Gasteiger partial charge in [0, 0.05) is 17.1 Å². The molecule has 2 rings (SSSR count). The molecule has 1 aromatic heterocycles. The molecule has 0 saturated carbocycles. The van der Waals surface area contributed by atoms with Crippen LogP contribution < -0.4 is 10.5 Å². The monoisotopic (exact) mass is 337 g/mol. The van der Waals surface area contributed by atoms with E-state index in [0.29, 0.717) is 0 Å². The van der Waals surface area contributed by atoms with Crippen molar-refractivity contribution < 1.29 is 4.74 Å². The van der Waals surface area contributed by atoms with Crippen molar-refractivity contribution in [2.45, 2.75) is 39.3 Å². The summed E-state index contributed by atoms with van der Waals surface area (Å²) in [5, 5.41) is 4.22. The first-order valence-electron chi connectivity index (χ1n) is 6.86. The van der Waals surface area contributed by atoms with Crippen LogP contribution in [0, 0.1) is 0 Å². The number of aromatic nitrogens is 2. The van der Waals surface area contributed by atoms with E-state index in [2.05, 4.69) is 34.0 Å². The van der Waals surface area contributed by atoms with E-state index in [1.54, 1.807) is 6.20 Å². The van der Waals surface area contributed by atoms with Gasteiger partial charge in [0.1, 0.15) is 5.75 Å². The Morgan fingerprint density at radius 2 is 2.20 bits per heavy atom. The van der Waals surface area contributed by atoms with E-state index in [9.17, 15) is 0 Å². The lowest BCUT2D eigenvalue weighted by atomic mass is 10.0. The fraction of sp³-hybridized carbons (Fsp3) is 0.400. The number of benzene rings is 1. The van der Waals surface area contributed by atoms with Gasteiger partial charge in [-0.15, -0.1) is 0 Å². The molecule has 1 unspecified atom stereocenters. The van der Waals surface area contributed by atoms with E-state index in [0.717, 1.165) is 40.9 Å². The topological polar surface area (TPSA) is 53.1 Å². The van der Waals surface area contributed by atoms with Crippen molar-refractivity contribution in [2.75, 3.05) is 0 Å². The summed E-state index contributed by atoms with van der Waals surface area (Å²) in [5.74, 6) is 1.58. The Labute approximate surface area is 128 Å². The lowest BCUT2D eigenvalue weighted by Gasteiger charge is -2.13. The second-order valence-corrected chi connectivity index (χ2v) is 5.67. The zero-order valence-electron chi connectivity index (χ0n) is 11.8. The maximum absolute atomic E-state index is 6.05. The minimum absolute atomic E-state index is 0.150. The summed E-state index contributed by atoms with van der Waals surface area (Å²) >= 11 is 3.48. The number of halogens is 1. The van der Waals surface area contributed by atoms with Crippen molar-refractivity contribution in [3.8, 4) is 11.5 Å². The molecule has 20 heavy (non-hydrogen) atoms. The number of hydrogen-bond donors (Lipinski definition) is 1. The van der Waals surface area contributed by atoms with Gasteiger partial charge in [0.2, 0.25) is 0 Å². The summed E-state index contributed by atoms with van der Waals surface area (Å²) in [6.07, 6.45) is 5.38. The van der Waals surface area contributed by atoms with Crippen LogP contribution >= 0.6 is 15.9 Å². The molecule has 108 valence electrons. The standard InChI is InChI=1S/C15H20BrN3O/c1-3-13(17)7-11-5-6-12(16)8-15(11)20-14-9-18-19(4-2)10-14/h5-6,8-10,13H,3-4,7,17H2,1-2H3. The van der Waals surface area contributed by atoms with E-state index >= 15 is 0 Å². The normalized spacial score (nSPS) is 12.4. The van der Waals surface area contributed by atoms with E-state index in [4.69, 9.17) is 10.5 Å². The van der Waals surface area contributed by atoms with Crippen molar-refractivity contribution in [3.63, 3.8) is 0 Å². The van der Waals surface area contributed by atoms with Crippen LogP contribution in [-0.4, -0.2) is 15.8 Å². The molecule has 2 N–H and O–H groups in total. The van der Waals surface area contributed by atoms with Crippen LogP contribution in [0.25, 0.3) is 0 Å². The number of nitrogens with two attached hydrogens (primary N) is 1. The van der Waals surface area contributed by atoms with E-state index in [1.165, 1.54) is 0 Å². The Morgan fingerprint density at radius 1 is 1.40 bits per heavy atom. The summed E-state index contributed by atoms with van der Waals surface area (Å²) in [7, 11) is 0. The van der Waals surface area contributed by atoms with Crippen molar-refractivity contribution in [1.82, 2.24) is 9.78 Å². The molecule has 0 spiro atoms. The molecule has 0 aliphatic carbocycles. The third-order valence-corrected chi connectivity index (χ3v) is 3.69. The van der Waals surface area contributed by atoms with Crippen molar-refractivity contribution in [3.05, 3.63) is 40.6 Å². The van der Waals surface area contributed by atoms with Gasteiger partial charge in [-0.1, -0.05) is 28.9 Å². The summed E-state index contributed by atoms with van der Waals surface area (Å²) in [6.45, 7) is 4.96. The van der Waals surface area contributed by atoms with Gasteiger partial charge in [-0.05, 0) is 37.5 Å². The fourth-order valence-electron chi connectivity index (χ4n) is 1.92. The Bertz CT molecular complexity index is 568. The summed E-state index contributed by atoms with van der Waals surface area (Å²) < 4.78 is 8.78. The molecule has 0 saturated heterocycles. The van der Waals surface area contributed by atoms with Gasteiger partial charge in [-0.2, -0.15) is 5.10 Å². The van der Waals surface area contributed by atoms with Gasteiger partial charge in [-0.25, -0.2) is 0 Å². The van der Waals surface area contributed by atoms with Crippen molar-refractivity contribution >= 4 is 15.9 Å². The number of ether oxygens (including phenoxy) is 1. The number of nitrogens with zero attached hydrogens (tertiary/aromatic N) is 2. The SMILES string of the molecule is CCC(N)Cc1ccc(Br)cc1Oc1cnn(CC)c1. The minimum atomic E-state index is 0.150. The van der Waals surface area contributed by atoms with Crippen LogP contribution in [0.2, 0.25) is 0 Å². The van der Waals surface area contributed by atoms with Crippen molar-refractivity contribution in [1.29, 1.82) is 0 Å². The molecule has 0 bridgehead atoms. The molecule has 1 atom stereocenters. The summed E-state index contributed by atoms with van der Waals surface area (Å²) in [5.41, 5.74) is 7.16. The average molecular weight is 338 g/mol. The van der Waals surface area contributed by atoms with Gasteiger partial charge in [0.05, 0.1) is 12.4 Å². The Balaban J connectivity index is 2.22. The molecule has 0 aliphatic heterocycles. The summed E-state index contributed by atoms with van der Waals surface area (Å²) in [6, 6.07) is 6.19. The third kappa shape index (κ3) is 3.84. The molecular formula is C15H20BrN3O. The molecule has 4 nitrogen and oxygen atoms in total. The summed E-state index contributed by atoms with van der Waals surface area (Å²) in [4.78, 5) is 0. The van der Waals surface area contributed by atoms with E-state index in [1.807, 2.05) is 29.9 Å². The average Bonchev–Trinajstić information content (AvgIpc) is 2.89. The lowest BCUT2D eigenvalue weighted by molar-refractivity contribution is 0.470. The molecule has 1 heterocycles. The first kappa shape index (κ1) is 15.1. The zero-order chi connectivity index (χ0) is 14.5. The maximum atomic E-state index is 6.05. The highest BCUT2D eigenvalue weighted by atomic mass is 79.9. The van der Waals surface area contributed by atoms with Crippen LogP contribution in [0.3, 0.4) is 0 Å². The van der Waals surface area contributed by atoms with Crippen LogP contribution in [0.1, 0.15) is 25.8 Å². The first-order valence-corrected chi connectivity index (χ1v) is 7.66. The Hall–Kier alpha value is -1.33. The Morgan fingerprint density at radius 3 is 2.85 bits per heavy atom. The molecule has 1 aromatic carbocycles. The highest BCUT2D eigenvalue weighted by molar-refractivity contribution is 9.10. The fourth-order valence-corrected chi connectivity index (χ4v) is 2.26. The predicted molar refractivity (Wildman–Crippen MR) is 84.1 cm³/mol. The van der Waals surface area contributed by atoms with Crippen LogP contribution in [0.15, 0.2) is 35.1 Å². The number of aryl methyl sites for hydroxylation is 1. The highest BCUT2D eigenvalue weighted by Gasteiger charge is 2.10. The second-order valence-electron chi connectivity index (χ2n) is 4.76. The van der Waals surface area contributed by atoms with Crippen LogP contribution in [0.4, 0.5) is 0 Å². The molecule has 5 heteroatoms. The van der Waals surface area contributed by atoms with Gasteiger partial charge >= 0.3 is 0 Å². The van der Waals surface area contributed by atoms with E-state index < -0.39 is 0 Å². The smallest absolute Gasteiger partial charge is 0.165 e. The molecular weight excluding hydrogens is 318 g/mol. The second kappa shape index (κ2) is 6.90. The molecule has 0 fully saturated rings. The number of hydrogen-bond acceptors (Lipinski definition) is 3. The van der Waals surface area contributed by atoms with Gasteiger partial charge in [0.15, 0.2) is 5.75 Å². The molecule has 2 aromatic rings. The van der Waals surface area contributed by atoms with E-state index in [-0.39, 0.29) is 6.04 Å². The van der Waals surface area contributed by atoms with Crippen molar-refractivity contribution in [2.24, 2.45) is 5.73 Å². The van der Waals surface area contributed by atoms with Crippen LogP contribution in [-0.2, 0) is 13.0 Å². The first-order chi connectivity index (χ1) is 9.62. The third-order valence-electron chi connectivity index (χ3n) is 3.20. The Kier molecular flexibility index (Phi) is 5.20. The quantitative estimate of drug-likeness (QED) is 0.873. The predicted octanol–water partition coefficient (Wildman–Crippen LogP) is 3.74. The van der Waals surface area contributed by atoms with Gasteiger partial charge in [0.25, 0.3) is 0 Å². The van der Waals surface area contributed by atoms with Gasteiger partial charge in [-0.3, -0.25) is 4.68 Å². The molecule has 0 amide bonds. The minimum Gasteiger partial charge on any atom is -0.454 e. The van der Waals surface area contributed by atoms with Crippen LogP contribution in [0.5, 0.6) is 11.5 Å². The molecule has 0 radical (unpaired) electrons. The highest BCUT2D eigenvalue weighted by Crippen LogP contribution is 2.29. The zero-order valence-corrected chi connectivity index (χ0v) is 13.4. The lowest BCUT2D eigenvalue weighted by Crippen LogP contribution is -2.21. The maximum Gasteiger partial charge on any atom is 0.165 e. The van der Waals surface area contributed by atoms with Gasteiger partial charge < -0.3 is 10.5 Å². The molecule has 0 aliphatic rings. The number of rotatable bonds is 6. The largest absolute Gasteiger partial charge is 0.454 e.